The van der Waals surface area contributed by atoms with Gasteiger partial charge in [-0.25, -0.2) is 0 Å². The number of aliphatic carboxylic acids is 1. The van der Waals surface area contributed by atoms with Gasteiger partial charge in [0.15, 0.2) is 0 Å². The highest BCUT2D eigenvalue weighted by molar-refractivity contribution is 5.76. The van der Waals surface area contributed by atoms with Gasteiger partial charge in [-0.15, -0.1) is 0 Å². The van der Waals surface area contributed by atoms with E-state index in [1.807, 2.05) is 31.2 Å². The SMILES string of the molecule is Cc1cccc(C(CNC2CCCC2)C(=O)O)c1. The van der Waals surface area contributed by atoms with Gasteiger partial charge in [0, 0.05) is 12.6 Å². The lowest BCUT2D eigenvalue weighted by molar-refractivity contribution is -0.138. The second-order valence-corrected chi connectivity index (χ2v) is 5.19. The minimum absolute atomic E-state index is 0.439. The second kappa shape index (κ2) is 6.01. The van der Waals surface area contributed by atoms with Crippen molar-refractivity contribution in [2.45, 2.75) is 44.6 Å². The lowest BCUT2D eigenvalue weighted by Crippen LogP contribution is -2.33. The molecule has 1 fully saturated rings. The summed E-state index contributed by atoms with van der Waals surface area (Å²) in [5, 5.41) is 12.8. The van der Waals surface area contributed by atoms with E-state index >= 15 is 0 Å². The van der Waals surface area contributed by atoms with Crippen molar-refractivity contribution >= 4 is 5.97 Å². The maximum Gasteiger partial charge on any atom is 0.312 e. The molecule has 98 valence electrons. The second-order valence-electron chi connectivity index (χ2n) is 5.19. The van der Waals surface area contributed by atoms with Gasteiger partial charge in [0.25, 0.3) is 0 Å². The molecule has 1 atom stereocenters. The molecular weight excluding hydrogens is 226 g/mol. The molecule has 0 heterocycles. The predicted octanol–water partition coefficient (Wildman–Crippen LogP) is 2.70. The summed E-state index contributed by atoms with van der Waals surface area (Å²) in [5.74, 6) is -1.18. The van der Waals surface area contributed by atoms with Crippen molar-refractivity contribution in [3.8, 4) is 0 Å². The Labute approximate surface area is 108 Å². The molecule has 0 aliphatic heterocycles. The molecule has 18 heavy (non-hydrogen) atoms. The smallest absolute Gasteiger partial charge is 0.312 e. The maximum atomic E-state index is 11.4. The van der Waals surface area contributed by atoms with Gasteiger partial charge in [0.1, 0.15) is 0 Å². The Hall–Kier alpha value is -1.35. The normalized spacial score (nSPS) is 17.8. The molecule has 3 heteroatoms. The van der Waals surface area contributed by atoms with E-state index in [0.29, 0.717) is 12.6 Å². The lowest BCUT2D eigenvalue weighted by atomic mass is 9.97. The van der Waals surface area contributed by atoms with Gasteiger partial charge in [0.05, 0.1) is 5.92 Å². The van der Waals surface area contributed by atoms with E-state index in [2.05, 4.69) is 5.32 Å². The van der Waals surface area contributed by atoms with E-state index in [4.69, 9.17) is 0 Å². The molecule has 1 aromatic rings. The van der Waals surface area contributed by atoms with E-state index in [1.165, 1.54) is 25.7 Å². The summed E-state index contributed by atoms with van der Waals surface area (Å²) in [6.45, 7) is 2.52. The van der Waals surface area contributed by atoms with Crippen molar-refractivity contribution in [3.05, 3.63) is 35.4 Å². The van der Waals surface area contributed by atoms with Gasteiger partial charge in [0.2, 0.25) is 0 Å². The van der Waals surface area contributed by atoms with Gasteiger partial charge >= 0.3 is 5.97 Å². The Kier molecular flexibility index (Phi) is 4.37. The number of aryl methyl sites for hydroxylation is 1. The first-order chi connectivity index (χ1) is 8.66. The Balaban J connectivity index is 2.01. The van der Waals surface area contributed by atoms with E-state index in [1.54, 1.807) is 0 Å². The fraction of sp³-hybridized carbons (Fsp3) is 0.533. The number of carbonyl (C=O) groups is 1. The predicted molar refractivity (Wildman–Crippen MR) is 71.8 cm³/mol. The van der Waals surface area contributed by atoms with Crippen LogP contribution >= 0.6 is 0 Å². The average Bonchev–Trinajstić information content (AvgIpc) is 2.82. The average molecular weight is 247 g/mol. The van der Waals surface area contributed by atoms with Gasteiger partial charge < -0.3 is 10.4 Å². The molecule has 2 N–H and O–H groups in total. The van der Waals surface area contributed by atoms with Crippen molar-refractivity contribution in [1.29, 1.82) is 0 Å². The molecule has 0 saturated heterocycles. The molecule has 1 unspecified atom stereocenters. The number of nitrogens with one attached hydrogen (secondary N) is 1. The molecule has 1 aliphatic carbocycles. The van der Waals surface area contributed by atoms with Gasteiger partial charge in [-0.3, -0.25) is 4.79 Å². The lowest BCUT2D eigenvalue weighted by Gasteiger charge is -2.17. The van der Waals surface area contributed by atoms with Crippen LogP contribution in [0.3, 0.4) is 0 Å². The Bertz CT molecular complexity index is 411. The van der Waals surface area contributed by atoms with Gasteiger partial charge in [-0.1, -0.05) is 42.7 Å². The molecule has 1 aromatic carbocycles. The van der Waals surface area contributed by atoms with E-state index < -0.39 is 11.9 Å². The fourth-order valence-corrected chi connectivity index (χ4v) is 2.65. The highest BCUT2D eigenvalue weighted by Gasteiger charge is 2.22. The van der Waals surface area contributed by atoms with E-state index in [0.717, 1.165) is 11.1 Å². The van der Waals surface area contributed by atoms with Crippen LogP contribution in [0.4, 0.5) is 0 Å². The zero-order chi connectivity index (χ0) is 13.0. The highest BCUT2D eigenvalue weighted by Crippen LogP contribution is 2.20. The number of carboxylic acids is 1. The van der Waals surface area contributed by atoms with Crippen molar-refractivity contribution in [1.82, 2.24) is 5.32 Å². The molecule has 0 radical (unpaired) electrons. The number of hydrogen-bond donors (Lipinski definition) is 2. The quantitative estimate of drug-likeness (QED) is 0.841. The first-order valence-corrected chi connectivity index (χ1v) is 6.69. The van der Waals surface area contributed by atoms with Crippen LogP contribution in [0.2, 0.25) is 0 Å². The molecule has 1 saturated carbocycles. The van der Waals surface area contributed by atoms with Crippen molar-refractivity contribution < 1.29 is 9.90 Å². The summed E-state index contributed by atoms with van der Waals surface area (Å²) in [4.78, 5) is 11.4. The summed E-state index contributed by atoms with van der Waals surface area (Å²) >= 11 is 0. The standard InChI is InChI=1S/C15H21NO2/c1-11-5-4-6-12(9-11)14(15(17)18)10-16-13-7-2-3-8-13/h4-6,9,13-14,16H,2-3,7-8,10H2,1H3,(H,17,18). The van der Waals surface area contributed by atoms with Crippen LogP contribution in [0.25, 0.3) is 0 Å². The first kappa shape index (κ1) is 13.1. The minimum Gasteiger partial charge on any atom is -0.481 e. The van der Waals surface area contributed by atoms with Crippen molar-refractivity contribution in [3.63, 3.8) is 0 Å². The summed E-state index contributed by atoms with van der Waals surface area (Å²) < 4.78 is 0. The maximum absolute atomic E-state index is 11.4. The third-order valence-electron chi connectivity index (χ3n) is 3.71. The Morgan fingerprint density at radius 3 is 2.78 bits per heavy atom. The van der Waals surface area contributed by atoms with Crippen LogP contribution < -0.4 is 5.32 Å². The molecule has 1 aliphatic rings. The zero-order valence-corrected chi connectivity index (χ0v) is 10.9. The number of hydrogen-bond acceptors (Lipinski definition) is 2. The molecule has 0 spiro atoms. The molecule has 2 rings (SSSR count). The number of rotatable bonds is 5. The molecule has 3 nitrogen and oxygen atoms in total. The summed E-state index contributed by atoms with van der Waals surface area (Å²) in [7, 11) is 0. The van der Waals surface area contributed by atoms with Crippen LogP contribution in [0.1, 0.15) is 42.7 Å². The summed E-state index contributed by atoms with van der Waals surface area (Å²) in [6, 6.07) is 8.30. The Morgan fingerprint density at radius 1 is 1.44 bits per heavy atom. The number of carboxylic acid groups (broad SMARTS) is 1. The number of benzene rings is 1. The van der Waals surface area contributed by atoms with E-state index in [9.17, 15) is 9.90 Å². The molecule has 0 amide bonds. The first-order valence-electron chi connectivity index (χ1n) is 6.69. The van der Waals surface area contributed by atoms with Crippen molar-refractivity contribution in [2.75, 3.05) is 6.54 Å². The molecule has 0 bridgehead atoms. The van der Waals surface area contributed by atoms with Gasteiger partial charge in [-0.2, -0.15) is 0 Å². The van der Waals surface area contributed by atoms with Crippen LogP contribution in [-0.2, 0) is 4.79 Å². The zero-order valence-electron chi connectivity index (χ0n) is 10.9. The topological polar surface area (TPSA) is 49.3 Å². The van der Waals surface area contributed by atoms with E-state index in [-0.39, 0.29) is 0 Å². The Morgan fingerprint density at radius 2 is 2.17 bits per heavy atom. The summed E-state index contributed by atoms with van der Waals surface area (Å²) in [6.07, 6.45) is 4.89. The van der Waals surface area contributed by atoms with Gasteiger partial charge in [-0.05, 0) is 25.3 Å². The van der Waals surface area contributed by atoms with Crippen LogP contribution in [0, 0.1) is 6.92 Å². The van der Waals surface area contributed by atoms with Crippen LogP contribution in [0.5, 0.6) is 0 Å². The molecular formula is C15H21NO2. The monoisotopic (exact) mass is 247 g/mol. The van der Waals surface area contributed by atoms with Crippen molar-refractivity contribution in [2.24, 2.45) is 0 Å². The van der Waals surface area contributed by atoms with Crippen LogP contribution in [0.15, 0.2) is 24.3 Å². The fourth-order valence-electron chi connectivity index (χ4n) is 2.65. The van der Waals surface area contributed by atoms with Crippen LogP contribution in [-0.4, -0.2) is 23.7 Å². The highest BCUT2D eigenvalue weighted by atomic mass is 16.4. The minimum atomic E-state index is -0.744. The largest absolute Gasteiger partial charge is 0.481 e. The third-order valence-corrected chi connectivity index (χ3v) is 3.71. The third kappa shape index (κ3) is 3.33. The summed E-state index contributed by atoms with van der Waals surface area (Å²) in [5.41, 5.74) is 2.01. The molecule has 0 aromatic heterocycles.